The maximum absolute atomic E-state index is 12.2. The van der Waals surface area contributed by atoms with Crippen LogP contribution in [0, 0.1) is 0 Å². The SMILES string of the molecule is COc1ccccc1CCCCNS(=O)(=O)c1ccc(C(C)=O)cc1. The van der Waals surface area contributed by atoms with Gasteiger partial charge in [-0.2, -0.15) is 0 Å². The van der Waals surface area contributed by atoms with E-state index < -0.39 is 10.0 Å². The summed E-state index contributed by atoms with van der Waals surface area (Å²) in [6.07, 6.45) is 2.41. The van der Waals surface area contributed by atoms with Crippen molar-refractivity contribution in [1.82, 2.24) is 4.72 Å². The molecule has 0 aliphatic heterocycles. The summed E-state index contributed by atoms with van der Waals surface area (Å²) in [6.45, 7) is 1.81. The number of unbranched alkanes of at least 4 members (excludes halogenated alkanes) is 1. The third kappa shape index (κ3) is 5.41. The van der Waals surface area contributed by atoms with Crippen LogP contribution in [0.2, 0.25) is 0 Å². The van der Waals surface area contributed by atoms with E-state index in [1.165, 1.54) is 31.2 Å². The average molecular weight is 361 g/mol. The van der Waals surface area contributed by atoms with E-state index in [4.69, 9.17) is 4.74 Å². The molecule has 25 heavy (non-hydrogen) atoms. The van der Waals surface area contributed by atoms with E-state index in [2.05, 4.69) is 4.72 Å². The maximum Gasteiger partial charge on any atom is 0.240 e. The summed E-state index contributed by atoms with van der Waals surface area (Å²) in [5.74, 6) is 0.766. The largest absolute Gasteiger partial charge is 0.496 e. The molecule has 134 valence electrons. The van der Waals surface area contributed by atoms with Crippen LogP contribution < -0.4 is 9.46 Å². The first kappa shape index (κ1) is 19.1. The molecule has 0 atom stereocenters. The number of carbonyl (C=O) groups is 1. The lowest BCUT2D eigenvalue weighted by Crippen LogP contribution is -2.24. The van der Waals surface area contributed by atoms with Gasteiger partial charge in [-0.3, -0.25) is 4.79 Å². The fourth-order valence-electron chi connectivity index (χ4n) is 2.51. The van der Waals surface area contributed by atoms with Crippen molar-refractivity contribution in [2.45, 2.75) is 31.1 Å². The lowest BCUT2D eigenvalue weighted by molar-refractivity contribution is 0.101. The summed E-state index contributed by atoms with van der Waals surface area (Å²) in [7, 11) is -1.90. The number of methoxy groups -OCH3 is 1. The highest BCUT2D eigenvalue weighted by molar-refractivity contribution is 7.89. The summed E-state index contributed by atoms with van der Waals surface area (Å²) >= 11 is 0. The van der Waals surface area contributed by atoms with E-state index in [9.17, 15) is 13.2 Å². The second kappa shape index (κ2) is 8.78. The fourth-order valence-corrected chi connectivity index (χ4v) is 3.58. The van der Waals surface area contributed by atoms with Gasteiger partial charge in [-0.1, -0.05) is 30.3 Å². The number of para-hydroxylation sites is 1. The number of carbonyl (C=O) groups excluding carboxylic acids is 1. The van der Waals surface area contributed by atoms with Crippen molar-refractivity contribution in [1.29, 1.82) is 0 Å². The molecule has 1 N–H and O–H groups in total. The quantitative estimate of drug-likeness (QED) is 0.550. The number of hydrogen-bond acceptors (Lipinski definition) is 4. The monoisotopic (exact) mass is 361 g/mol. The number of aryl methyl sites for hydroxylation is 1. The lowest BCUT2D eigenvalue weighted by atomic mass is 10.1. The van der Waals surface area contributed by atoms with Crippen molar-refractivity contribution < 1.29 is 17.9 Å². The summed E-state index contributed by atoms with van der Waals surface area (Å²) < 4.78 is 32.4. The molecule has 2 rings (SSSR count). The molecule has 0 aliphatic carbocycles. The van der Waals surface area contributed by atoms with Gasteiger partial charge in [-0.15, -0.1) is 0 Å². The van der Waals surface area contributed by atoms with Gasteiger partial charge in [0.25, 0.3) is 0 Å². The Kier molecular flexibility index (Phi) is 6.73. The minimum Gasteiger partial charge on any atom is -0.496 e. The zero-order chi connectivity index (χ0) is 18.3. The molecule has 0 heterocycles. The summed E-state index contributed by atoms with van der Waals surface area (Å²) in [4.78, 5) is 11.4. The van der Waals surface area contributed by atoms with Crippen molar-refractivity contribution in [3.05, 3.63) is 59.7 Å². The molecule has 0 radical (unpaired) electrons. The Morgan fingerprint density at radius 1 is 1.04 bits per heavy atom. The van der Waals surface area contributed by atoms with Crippen LogP contribution in [0.5, 0.6) is 5.75 Å². The number of sulfonamides is 1. The molecule has 0 aliphatic rings. The number of Topliss-reactive ketones (excluding diaryl/α,β-unsaturated/α-hetero) is 1. The van der Waals surface area contributed by atoms with Crippen LogP contribution in [0.3, 0.4) is 0 Å². The fraction of sp³-hybridized carbons (Fsp3) is 0.316. The Labute approximate surface area is 149 Å². The molecular formula is C19H23NO4S. The number of rotatable bonds is 9. The standard InChI is InChI=1S/C19H23NO4S/c1-15(21)16-10-12-18(13-11-16)25(22,23)20-14-6-5-8-17-7-3-4-9-19(17)24-2/h3-4,7,9-13,20H,5-6,8,14H2,1-2H3. The number of hydrogen-bond donors (Lipinski definition) is 1. The van der Waals surface area contributed by atoms with Crippen LogP contribution in [0.15, 0.2) is 53.4 Å². The molecule has 0 fully saturated rings. The first-order chi connectivity index (χ1) is 11.9. The minimum atomic E-state index is -3.55. The molecule has 6 heteroatoms. The predicted molar refractivity (Wildman–Crippen MR) is 97.6 cm³/mol. The van der Waals surface area contributed by atoms with Crippen molar-refractivity contribution in [3.8, 4) is 5.75 Å². The zero-order valence-electron chi connectivity index (χ0n) is 14.5. The van der Waals surface area contributed by atoms with Crippen LogP contribution in [0.1, 0.15) is 35.7 Å². The molecule has 0 bridgehead atoms. The van der Waals surface area contributed by atoms with Crippen LogP contribution in [-0.2, 0) is 16.4 Å². The topological polar surface area (TPSA) is 72.5 Å². The lowest BCUT2D eigenvalue weighted by Gasteiger charge is -2.09. The van der Waals surface area contributed by atoms with E-state index in [0.717, 1.165) is 30.6 Å². The molecular weight excluding hydrogens is 338 g/mol. The van der Waals surface area contributed by atoms with Gasteiger partial charge >= 0.3 is 0 Å². The first-order valence-corrected chi connectivity index (χ1v) is 9.65. The smallest absolute Gasteiger partial charge is 0.240 e. The van der Waals surface area contributed by atoms with Crippen LogP contribution in [-0.4, -0.2) is 27.9 Å². The van der Waals surface area contributed by atoms with Gasteiger partial charge < -0.3 is 4.74 Å². The van der Waals surface area contributed by atoms with E-state index in [-0.39, 0.29) is 10.7 Å². The Bertz CT molecular complexity index is 814. The number of benzene rings is 2. The Hall–Kier alpha value is -2.18. The van der Waals surface area contributed by atoms with Crippen molar-refractivity contribution in [2.75, 3.05) is 13.7 Å². The molecule has 5 nitrogen and oxygen atoms in total. The van der Waals surface area contributed by atoms with Crippen molar-refractivity contribution >= 4 is 15.8 Å². The van der Waals surface area contributed by atoms with Gasteiger partial charge in [0.05, 0.1) is 12.0 Å². The highest BCUT2D eigenvalue weighted by Crippen LogP contribution is 2.19. The molecule has 0 aromatic heterocycles. The Balaban J connectivity index is 1.83. The van der Waals surface area contributed by atoms with E-state index in [0.29, 0.717) is 12.1 Å². The second-order valence-electron chi connectivity index (χ2n) is 5.75. The average Bonchev–Trinajstić information content (AvgIpc) is 2.61. The Morgan fingerprint density at radius 3 is 2.36 bits per heavy atom. The second-order valence-corrected chi connectivity index (χ2v) is 7.51. The van der Waals surface area contributed by atoms with E-state index in [1.54, 1.807) is 7.11 Å². The molecule has 0 amide bonds. The van der Waals surface area contributed by atoms with Crippen molar-refractivity contribution in [3.63, 3.8) is 0 Å². The van der Waals surface area contributed by atoms with Crippen LogP contribution in [0.4, 0.5) is 0 Å². The van der Waals surface area contributed by atoms with Gasteiger partial charge in [0.15, 0.2) is 5.78 Å². The van der Waals surface area contributed by atoms with Crippen LogP contribution in [0.25, 0.3) is 0 Å². The van der Waals surface area contributed by atoms with Crippen molar-refractivity contribution in [2.24, 2.45) is 0 Å². The summed E-state index contributed by atoms with van der Waals surface area (Å²) in [5.41, 5.74) is 1.61. The van der Waals surface area contributed by atoms with Gasteiger partial charge in [0, 0.05) is 12.1 Å². The molecule has 0 saturated carbocycles. The minimum absolute atomic E-state index is 0.0896. The van der Waals surface area contributed by atoms with Gasteiger partial charge in [0.1, 0.15) is 5.75 Å². The molecule has 2 aromatic rings. The highest BCUT2D eigenvalue weighted by Gasteiger charge is 2.13. The van der Waals surface area contributed by atoms with E-state index >= 15 is 0 Å². The highest BCUT2D eigenvalue weighted by atomic mass is 32.2. The Morgan fingerprint density at radius 2 is 1.72 bits per heavy atom. The number of ketones is 1. The first-order valence-electron chi connectivity index (χ1n) is 8.16. The van der Waals surface area contributed by atoms with Gasteiger partial charge in [0.2, 0.25) is 10.0 Å². The number of nitrogens with one attached hydrogen (secondary N) is 1. The van der Waals surface area contributed by atoms with Gasteiger partial charge in [-0.05, 0) is 49.9 Å². The van der Waals surface area contributed by atoms with E-state index in [1.807, 2.05) is 24.3 Å². The zero-order valence-corrected chi connectivity index (χ0v) is 15.3. The third-order valence-corrected chi connectivity index (χ3v) is 5.41. The normalized spacial score (nSPS) is 11.3. The predicted octanol–water partition coefficient (Wildman–Crippen LogP) is 3.20. The summed E-state index contributed by atoms with van der Waals surface area (Å²) in [6, 6.07) is 13.8. The summed E-state index contributed by atoms with van der Waals surface area (Å²) in [5, 5.41) is 0. The molecule has 0 spiro atoms. The van der Waals surface area contributed by atoms with Gasteiger partial charge in [-0.25, -0.2) is 13.1 Å². The van der Waals surface area contributed by atoms with Crippen LogP contribution >= 0.6 is 0 Å². The molecule has 0 unspecified atom stereocenters. The maximum atomic E-state index is 12.2. The molecule has 2 aromatic carbocycles. The third-order valence-electron chi connectivity index (χ3n) is 3.93. The number of ether oxygens (including phenoxy) is 1. The molecule has 0 saturated heterocycles.